The van der Waals surface area contributed by atoms with E-state index in [0.717, 1.165) is 19.0 Å². The fourth-order valence-corrected chi connectivity index (χ4v) is 3.90. The molecular weight excluding hydrogens is 308 g/mol. The fourth-order valence-electron chi connectivity index (χ4n) is 3.04. The Morgan fingerprint density at radius 2 is 2.26 bits per heavy atom. The molecule has 2 aromatic rings. The number of aromatic nitrogens is 2. The minimum absolute atomic E-state index is 0.0145. The van der Waals surface area contributed by atoms with Gasteiger partial charge in [0.2, 0.25) is 5.91 Å². The summed E-state index contributed by atoms with van der Waals surface area (Å²) in [5.41, 5.74) is 0. The zero-order valence-corrected chi connectivity index (χ0v) is 14.3. The molecule has 3 rings (SSSR count). The van der Waals surface area contributed by atoms with Crippen LogP contribution in [0.4, 0.5) is 0 Å². The summed E-state index contributed by atoms with van der Waals surface area (Å²) in [6, 6.07) is 6.37. The predicted molar refractivity (Wildman–Crippen MR) is 92.3 cm³/mol. The molecule has 0 aromatic carbocycles. The maximum absolute atomic E-state index is 12.1. The Bertz CT molecular complexity index is 588. The third kappa shape index (κ3) is 4.42. The van der Waals surface area contributed by atoms with Gasteiger partial charge in [-0.05, 0) is 49.4 Å². The van der Waals surface area contributed by atoms with Gasteiger partial charge in [0.25, 0.3) is 0 Å². The average molecular weight is 332 g/mol. The van der Waals surface area contributed by atoms with Gasteiger partial charge in [-0.15, -0.1) is 11.3 Å². The van der Waals surface area contributed by atoms with Crippen molar-refractivity contribution in [2.24, 2.45) is 5.92 Å². The van der Waals surface area contributed by atoms with E-state index in [1.807, 2.05) is 12.3 Å². The second-order valence-corrected chi connectivity index (χ2v) is 7.24. The first-order valence-corrected chi connectivity index (χ1v) is 9.12. The van der Waals surface area contributed by atoms with Crippen LogP contribution in [-0.4, -0.2) is 40.2 Å². The summed E-state index contributed by atoms with van der Waals surface area (Å²) in [5.74, 6) is 0.824. The Balaban J connectivity index is 1.59. The van der Waals surface area contributed by atoms with Crippen molar-refractivity contribution < 1.29 is 4.79 Å². The van der Waals surface area contributed by atoms with Gasteiger partial charge in [-0.1, -0.05) is 13.0 Å². The Kier molecular flexibility index (Phi) is 5.46. The molecule has 124 valence electrons. The highest BCUT2D eigenvalue weighted by Gasteiger charge is 2.25. The molecule has 1 fully saturated rings. The number of carbonyl (C=O) groups is 1. The van der Waals surface area contributed by atoms with Crippen LogP contribution in [0.5, 0.6) is 0 Å². The summed E-state index contributed by atoms with van der Waals surface area (Å²) in [6.45, 7) is 5.48. The van der Waals surface area contributed by atoms with E-state index in [2.05, 4.69) is 39.8 Å². The van der Waals surface area contributed by atoms with Crippen LogP contribution < -0.4 is 5.32 Å². The van der Waals surface area contributed by atoms with Gasteiger partial charge in [0, 0.05) is 23.8 Å². The zero-order valence-electron chi connectivity index (χ0n) is 13.5. The van der Waals surface area contributed by atoms with Crippen LogP contribution in [0.2, 0.25) is 0 Å². The summed E-state index contributed by atoms with van der Waals surface area (Å²) < 4.78 is 1.65. The summed E-state index contributed by atoms with van der Waals surface area (Å²) >= 11 is 1.77. The highest BCUT2D eigenvalue weighted by molar-refractivity contribution is 7.10. The fraction of sp³-hybridized carbons (Fsp3) is 0.529. The van der Waals surface area contributed by atoms with E-state index in [1.54, 1.807) is 22.2 Å². The number of likely N-dealkylation sites (tertiary alicyclic amines) is 1. The first-order chi connectivity index (χ1) is 11.2. The van der Waals surface area contributed by atoms with Crippen molar-refractivity contribution in [1.82, 2.24) is 20.0 Å². The molecule has 1 aliphatic rings. The first kappa shape index (κ1) is 16.2. The van der Waals surface area contributed by atoms with E-state index in [4.69, 9.17) is 0 Å². The van der Waals surface area contributed by atoms with Crippen LogP contribution >= 0.6 is 11.3 Å². The van der Waals surface area contributed by atoms with Crippen molar-refractivity contribution in [3.63, 3.8) is 0 Å². The maximum Gasteiger partial charge on any atom is 0.241 e. The normalized spacial score (nSPS) is 18.0. The second kappa shape index (κ2) is 7.75. The summed E-state index contributed by atoms with van der Waals surface area (Å²) in [5, 5.41) is 9.27. The van der Waals surface area contributed by atoms with Crippen LogP contribution in [0, 0.1) is 5.92 Å². The third-order valence-corrected chi connectivity index (χ3v) is 5.46. The molecule has 5 nitrogen and oxygen atoms in total. The molecule has 0 unspecified atom stereocenters. The van der Waals surface area contributed by atoms with Gasteiger partial charge in [0.05, 0.1) is 6.04 Å². The van der Waals surface area contributed by atoms with Crippen LogP contribution in [0.3, 0.4) is 0 Å². The van der Waals surface area contributed by atoms with Crippen LogP contribution in [0.25, 0.3) is 0 Å². The van der Waals surface area contributed by atoms with Gasteiger partial charge in [-0.2, -0.15) is 5.10 Å². The number of amides is 1. The van der Waals surface area contributed by atoms with Crippen molar-refractivity contribution in [3.8, 4) is 0 Å². The summed E-state index contributed by atoms with van der Waals surface area (Å²) in [7, 11) is 0. The lowest BCUT2D eigenvalue weighted by Crippen LogP contribution is -2.42. The SMILES string of the molecule is CC1CCN([C@H](CNC(=O)Cn2cccn2)c2cccs2)CC1. The van der Waals surface area contributed by atoms with Gasteiger partial charge >= 0.3 is 0 Å². The highest BCUT2D eigenvalue weighted by atomic mass is 32.1. The lowest BCUT2D eigenvalue weighted by atomic mass is 9.97. The smallest absolute Gasteiger partial charge is 0.241 e. The Morgan fingerprint density at radius 3 is 2.91 bits per heavy atom. The standard InChI is InChI=1S/C17H24N4OS/c1-14-5-9-20(10-6-14)15(16-4-2-11-23-16)12-18-17(22)13-21-8-3-7-19-21/h2-4,7-8,11,14-15H,5-6,9-10,12-13H2,1H3,(H,18,22)/t15-/m1/s1. The molecule has 3 heterocycles. The number of hydrogen-bond acceptors (Lipinski definition) is 4. The summed E-state index contributed by atoms with van der Waals surface area (Å²) in [4.78, 5) is 16.0. The quantitative estimate of drug-likeness (QED) is 0.884. The predicted octanol–water partition coefficient (Wildman–Crippen LogP) is 2.53. The van der Waals surface area contributed by atoms with Crippen LogP contribution in [0.1, 0.15) is 30.7 Å². The van der Waals surface area contributed by atoms with Crippen molar-refractivity contribution >= 4 is 17.2 Å². The Labute approximate surface area is 141 Å². The number of nitrogens with one attached hydrogen (secondary N) is 1. The van der Waals surface area contributed by atoms with E-state index in [0.29, 0.717) is 6.54 Å². The number of hydrogen-bond donors (Lipinski definition) is 1. The van der Waals surface area contributed by atoms with Gasteiger partial charge in [0.1, 0.15) is 6.54 Å². The molecule has 1 N–H and O–H groups in total. The molecular formula is C17H24N4OS. The lowest BCUT2D eigenvalue weighted by Gasteiger charge is -2.36. The van der Waals surface area contributed by atoms with Gasteiger partial charge < -0.3 is 5.32 Å². The lowest BCUT2D eigenvalue weighted by molar-refractivity contribution is -0.122. The molecule has 1 saturated heterocycles. The molecule has 23 heavy (non-hydrogen) atoms. The average Bonchev–Trinajstić information content (AvgIpc) is 3.23. The van der Waals surface area contributed by atoms with Crippen molar-refractivity contribution in [1.29, 1.82) is 0 Å². The third-order valence-electron chi connectivity index (χ3n) is 4.49. The van der Waals surface area contributed by atoms with Crippen LogP contribution in [-0.2, 0) is 11.3 Å². The van der Waals surface area contributed by atoms with Gasteiger partial charge in [0.15, 0.2) is 0 Å². The van der Waals surface area contributed by atoms with Gasteiger partial charge in [-0.25, -0.2) is 0 Å². The van der Waals surface area contributed by atoms with Crippen LogP contribution in [0.15, 0.2) is 36.0 Å². The van der Waals surface area contributed by atoms with Gasteiger partial charge in [-0.3, -0.25) is 14.4 Å². The number of rotatable bonds is 6. The van der Waals surface area contributed by atoms with E-state index in [9.17, 15) is 4.79 Å². The zero-order chi connectivity index (χ0) is 16.1. The van der Waals surface area contributed by atoms with Crippen molar-refractivity contribution in [3.05, 3.63) is 40.8 Å². The molecule has 0 bridgehead atoms. The topological polar surface area (TPSA) is 50.2 Å². The number of carbonyl (C=O) groups excluding carboxylic acids is 1. The molecule has 1 aliphatic heterocycles. The van der Waals surface area contributed by atoms with Crippen molar-refractivity contribution in [2.45, 2.75) is 32.4 Å². The molecule has 0 aliphatic carbocycles. The monoisotopic (exact) mass is 332 g/mol. The highest BCUT2D eigenvalue weighted by Crippen LogP contribution is 2.28. The molecule has 6 heteroatoms. The van der Waals surface area contributed by atoms with E-state index < -0.39 is 0 Å². The molecule has 2 aromatic heterocycles. The number of thiophene rings is 1. The maximum atomic E-state index is 12.1. The largest absolute Gasteiger partial charge is 0.353 e. The molecule has 0 spiro atoms. The first-order valence-electron chi connectivity index (χ1n) is 8.24. The molecule has 0 saturated carbocycles. The number of piperidine rings is 1. The summed E-state index contributed by atoms with van der Waals surface area (Å²) in [6.07, 6.45) is 5.98. The molecule has 0 radical (unpaired) electrons. The van der Waals surface area contributed by atoms with E-state index in [-0.39, 0.29) is 18.5 Å². The van der Waals surface area contributed by atoms with E-state index >= 15 is 0 Å². The van der Waals surface area contributed by atoms with E-state index in [1.165, 1.54) is 17.7 Å². The minimum atomic E-state index is 0.0145. The second-order valence-electron chi connectivity index (χ2n) is 6.26. The molecule has 1 atom stereocenters. The minimum Gasteiger partial charge on any atom is -0.353 e. The number of nitrogens with zero attached hydrogens (tertiary/aromatic N) is 3. The Morgan fingerprint density at radius 1 is 1.43 bits per heavy atom. The Hall–Kier alpha value is -1.66. The molecule has 1 amide bonds. The van der Waals surface area contributed by atoms with Crippen molar-refractivity contribution in [2.75, 3.05) is 19.6 Å².